The average Bonchev–Trinajstić information content (AvgIpc) is 3.11. The first-order chi connectivity index (χ1) is 12.9. The molecular formula is C18H25ClF3N5O. The number of anilines is 1. The number of hydrogen-bond acceptors (Lipinski definition) is 5. The summed E-state index contributed by atoms with van der Waals surface area (Å²) in [5.74, 6) is 0.301. The molecule has 0 radical (unpaired) electrons. The topological polar surface area (TPSA) is 59.6 Å². The smallest absolute Gasteiger partial charge is 0.368 e. The number of nitrogens with one attached hydrogen (secondary N) is 3. The summed E-state index contributed by atoms with van der Waals surface area (Å²) in [7, 11) is 0. The first kappa shape index (κ1) is 21.2. The average molecular weight is 420 g/mol. The van der Waals surface area contributed by atoms with E-state index in [2.05, 4.69) is 16.2 Å². The second-order valence-electron chi connectivity index (χ2n) is 7.39. The van der Waals surface area contributed by atoms with Crippen molar-refractivity contribution in [2.24, 2.45) is 5.92 Å². The molecule has 3 heterocycles. The highest BCUT2D eigenvalue weighted by Gasteiger charge is 2.43. The summed E-state index contributed by atoms with van der Waals surface area (Å²) in [5.41, 5.74) is 6.28. The third-order valence-corrected chi connectivity index (χ3v) is 5.78. The Hall–Kier alpha value is -1.55. The van der Waals surface area contributed by atoms with Crippen LogP contribution >= 0.6 is 12.4 Å². The van der Waals surface area contributed by atoms with E-state index >= 15 is 0 Å². The van der Waals surface area contributed by atoms with Gasteiger partial charge in [0.1, 0.15) is 6.04 Å². The van der Waals surface area contributed by atoms with Gasteiger partial charge in [0.2, 0.25) is 5.91 Å². The molecular weight excluding hydrogens is 395 g/mol. The van der Waals surface area contributed by atoms with E-state index in [9.17, 15) is 18.0 Å². The van der Waals surface area contributed by atoms with Gasteiger partial charge in [0, 0.05) is 50.4 Å². The van der Waals surface area contributed by atoms with Crippen LogP contribution in [-0.4, -0.2) is 62.2 Å². The molecule has 28 heavy (non-hydrogen) atoms. The minimum Gasteiger partial charge on any atom is -0.368 e. The summed E-state index contributed by atoms with van der Waals surface area (Å²) < 4.78 is 38.8. The molecule has 3 unspecified atom stereocenters. The molecule has 6 nitrogen and oxygen atoms in total. The van der Waals surface area contributed by atoms with Crippen molar-refractivity contribution < 1.29 is 18.0 Å². The molecule has 0 aliphatic carbocycles. The second kappa shape index (κ2) is 8.44. The molecule has 0 saturated carbocycles. The fourth-order valence-corrected chi connectivity index (χ4v) is 4.22. The molecule has 1 aromatic rings. The van der Waals surface area contributed by atoms with Gasteiger partial charge in [0.05, 0.1) is 5.56 Å². The summed E-state index contributed by atoms with van der Waals surface area (Å²) in [6.07, 6.45) is -3.36. The predicted octanol–water partition coefficient (Wildman–Crippen LogP) is 1.23. The van der Waals surface area contributed by atoms with Crippen LogP contribution in [0, 0.1) is 5.92 Å². The largest absolute Gasteiger partial charge is 0.416 e. The molecule has 0 spiro atoms. The maximum Gasteiger partial charge on any atom is 0.416 e. The number of fused-ring (bicyclic) bond motifs is 1. The maximum absolute atomic E-state index is 12.9. The van der Waals surface area contributed by atoms with Gasteiger partial charge < -0.3 is 15.1 Å². The monoisotopic (exact) mass is 419 g/mol. The van der Waals surface area contributed by atoms with Crippen LogP contribution in [0.5, 0.6) is 0 Å². The second-order valence-corrected chi connectivity index (χ2v) is 7.39. The van der Waals surface area contributed by atoms with E-state index in [1.807, 2.05) is 9.80 Å². The van der Waals surface area contributed by atoms with Crippen LogP contribution in [0.1, 0.15) is 12.0 Å². The van der Waals surface area contributed by atoms with Crippen molar-refractivity contribution in [2.45, 2.75) is 24.7 Å². The van der Waals surface area contributed by atoms with E-state index in [0.29, 0.717) is 37.9 Å². The number of carbonyl (C=O) groups is 1. The van der Waals surface area contributed by atoms with Crippen LogP contribution in [0.4, 0.5) is 18.9 Å². The molecule has 4 rings (SSSR count). The van der Waals surface area contributed by atoms with E-state index in [1.54, 1.807) is 6.07 Å². The lowest BCUT2D eigenvalue weighted by atomic mass is 9.89. The number of benzene rings is 1. The minimum absolute atomic E-state index is 0. The van der Waals surface area contributed by atoms with Crippen LogP contribution in [0.15, 0.2) is 24.3 Å². The quantitative estimate of drug-likeness (QED) is 0.673. The number of hydrogen-bond donors (Lipinski definition) is 3. The van der Waals surface area contributed by atoms with Gasteiger partial charge in [-0.1, -0.05) is 6.07 Å². The fourth-order valence-electron chi connectivity index (χ4n) is 4.22. The molecule has 156 valence electrons. The van der Waals surface area contributed by atoms with Gasteiger partial charge in [-0.15, -0.1) is 12.4 Å². The third kappa shape index (κ3) is 4.22. The third-order valence-electron chi connectivity index (χ3n) is 5.78. The highest BCUT2D eigenvalue weighted by Crippen LogP contribution is 2.32. The van der Waals surface area contributed by atoms with Crippen LogP contribution in [0.3, 0.4) is 0 Å². The summed E-state index contributed by atoms with van der Waals surface area (Å²) in [6.45, 7) is 3.84. The molecule has 1 aromatic carbocycles. The zero-order valence-corrected chi connectivity index (χ0v) is 16.2. The first-order valence-corrected chi connectivity index (χ1v) is 9.36. The Balaban J connectivity index is 0.00000225. The van der Waals surface area contributed by atoms with E-state index in [4.69, 9.17) is 0 Å². The number of carbonyl (C=O) groups excluding carboxylic acids is 1. The molecule has 1 amide bonds. The molecule has 10 heteroatoms. The fraction of sp³-hybridized carbons (Fsp3) is 0.611. The summed E-state index contributed by atoms with van der Waals surface area (Å²) in [6, 6.07) is 5.44. The van der Waals surface area contributed by atoms with Gasteiger partial charge >= 0.3 is 6.18 Å². The van der Waals surface area contributed by atoms with E-state index in [0.717, 1.165) is 25.6 Å². The minimum atomic E-state index is -4.35. The number of rotatable bonds is 2. The number of hydrazine groups is 1. The molecule has 0 bridgehead atoms. The molecule has 3 N–H and O–H groups in total. The van der Waals surface area contributed by atoms with Crippen molar-refractivity contribution in [3.8, 4) is 0 Å². The van der Waals surface area contributed by atoms with Crippen LogP contribution in [0.2, 0.25) is 0 Å². The Morgan fingerprint density at radius 3 is 2.57 bits per heavy atom. The standard InChI is InChI=1S/C18H24F3N5O.ClH/c19-18(20,21)12-2-1-3-13(10-12)25-6-8-26(9-7-25)17(27)16-14-11-22-5-4-15(14)23-24-16;/h1-3,10,14-16,22-24H,4-9,11H2;1H. The summed E-state index contributed by atoms with van der Waals surface area (Å²) in [4.78, 5) is 16.6. The molecule has 3 aliphatic rings. The van der Waals surface area contributed by atoms with Gasteiger partial charge in [-0.05, 0) is 31.2 Å². The molecule has 3 fully saturated rings. The van der Waals surface area contributed by atoms with Gasteiger partial charge in [-0.25, -0.2) is 5.43 Å². The number of alkyl halides is 3. The highest BCUT2D eigenvalue weighted by atomic mass is 35.5. The highest BCUT2D eigenvalue weighted by molar-refractivity contribution is 5.85. The van der Waals surface area contributed by atoms with Crippen molar-refractivity contribution in [3.05, 3.63) is 29.8 Å². The normalized spacial score (nSPS) is 27.9. The zero-order chi connectivity index (χ0) is 19.0. The predicted molar refractivity (Wildman–Crippen MR) is 102 cm³/mol. The number of amides is 1. The molecule has 3 aliphatic heterocycles. The maximum atomic E-state index is 12.9. The van der Waals surface area contributed by atoms with Gasteiger partial charge in [-0.3, -0.25) is 10.2 Å². The number of nitrogens with zero attached hydrogens (tertiary/aromatic N) is 2. The Labute approximate surface area is 168 Å². The first-order valence-electron chi connectivity index (χ1n) is 9.36. The SMILES string of the molecule is Cl.O=C(C1NNC2CCNCC21)N1CCN(c2cccc(C(F)(F)F)c2)CC1. The molecule has 3 saturated heterocycles. The molecule has 3 atom stereocenters. The van der Waals surface area contributed by atoms with Gasteiger partial charge in [0.25, 0.3) is 0 Å². The lowest BCUT2D eigenvalue weighted by molar-refractivity contribution is -0.137. The number of piperidine rings is 1. The Kier molecular flexibility index (Phi) is 6.38. The van der Waals surface area contributed by atoms with Crippen molar-refractivity contribution >= 4 is 24.0 Å². The van der Waals surface area contributed by atoms with Crippen molar-refractivity contribution in [1.29, 1.82) is 0 Å². The Morgan fingerprint density at radius 1 is 1.11 bits per heavy atom. The number of halogens is 4. The lowest BCUT2D eigenvalue weighted by Crippen LogP contribution is -2.56. The van der Waals surface area contributed by atoms with Crippen LogP contribution in [0.25, 0.3) is 0 Å². The van der Waals surface area contributed by atoms with Crippen LogP contribution in [-0.2, 0) is 11.0 Å². The molecule has 0 aromatic heterocycles. The van der Waals surface area contributed by atoms with E-state index in [1.165, 1.54) is 12.1 Å². The van der Waals surface area contributed by atoms with Crippen LogP contribution < -0.4 is 21.1 Å². The zero-order valence-electron chi connectivity index (χ0n) is 15.3. The lowest BCUT2D eigenvalue weighted by Gasteiger charge is -2.38. The Bertz CT molecular complexity index is 696. The van der Waals surface area contributed by atoms with Gasteiger partial charge in [0.15, 0.2) is 0 Å². The van der Waals surface area contributed by atoms with Crippen molar-refractivity contribution in [3.63, 3.8) is 0 Å². The Morgan fingerprint density at radius 2 is 1.86 bits per heavy atom. The van der Waals surface area contributed by atoms with E-state index < -0.39 is 11.7 Å². The van der Waals surface area contributed by atoms with Crippen molar-refractivity contribution in [2.75, 3.05) is 44.2 Å². The van der Waals surface area contributed by atoms with Crippen molar-refractivity contribution in [1.82, 2.24) is 21.1 Å². The van der Waals surface area contributed by atoms with E-state index in [-0.39, 0.29) is 30.3 Å². The number of piperazine rings is 1. The summed E-state index contributed by atoms with van der Waals surface area (Å²) >= 11 is 0. The van der Waals surface area contributed by atoms with Gasteiger partial charge in [-0.2, -0.15) is 13.2 Å². The summed E-state index contributed by atoms with van der Waals surface area (Å²) in [5, 5.41) is 3.34.